The second-order valence-electron chi connectivity index (χ2n) is 7.47. The van der Waals surface area contributed by atoms with Gasteiger partial charge in [0.05, 0.1) is 0 Å². The van der Waals surface area contributed by atoms with E-state index in [4.69, 9.17) is 0 Å². The lowest BCUT2D eigenvalue weighted by molar-refractivity contribution is -0.142. The standard InChI is InChI=1S/C20H25F2N3O3/c1-13(26)24-9-11-25(12-10-24)20(28)15-7-5-14(6-8-15)19(27)23-18-16(21)3-2-4-17(18)22/h2-4,14-15H,5-12H2,1H3,(H,23,27). The molecule has 1 N–H and O–H groups in total. The van der Waals surface area contributed by atoms with Crippen LogP contribution in [-0.2, 0) is 14.4 Å². The van der Waals surface area contributed by atoms with Gasteiger partial charge in [-0.2, -0.15) is 0 Å². The van der Waals surface area contributed by atoms with E-state index < -0.39 is 23.2 Å². The number of hydrogen-bond acceptors (Lipinski definition) is 3. The Morgan fingerprint density at radius 2 is 1.39 bits per heavy atom. The van der Waals surface area contributed by atoms with Crippen LogP contribution in [0.2, 0.25) is 0 Å². The van der Waals surface area contributed by atoms with Crippen molar-refractivity contribution >= 4 is 23.4 Å². The molecular formula is C20H25F2N3O3. The molecule has 3 amide bonds. The highest BCUT2D eigenvalue weighted by molar-refractivity contribution is 5.93. The zero-order valence-electron chi connectivity index (χ0n) is 15.9. The molecular weight excluding hydrogens is 368 g/mol. The molecule has 3 rings (SSSR count). The molecule has 152 valence electrons. The van der Waals surface area contributed by atoms with Gasteiger partial charge in [-0.1, -0.05) is 6.07 Å². The lowest BCUT2D eigenvalue weighted by Gasteiger charge is -2.37. The minimum absolute atomic E-state index is 0.0184. The maximum atomic E-state index is 13.7. The largest absolute Gasteiger partial charge is 0.339 e. The van der Waals surface area contributed by atoms with Gasteiger partial charge in [0.2, 0.25) is 17.7 Å². The molecule has 1 aliphatic carbocycles. The van der Waals surface area contributed by atoms with E-state index >= 15 is 0 Å². The van der Waals surface area contributed by atoms with Gasteiger partial charge in [-0.25, -0.2) is 8.78 Å². The van der Waals surface area contributed by atoms with Crippen molar-refractivity contribution < 1.29 is 23.2 Å². The van der Waals surface area contributed by atoms with E-state index in [1.807, 2.05) is 0 Å². The van der Waals surface area contributed by atoms with Gasteiger partial charge in [-0.3, -0.25) is 14.4 Å². The summed E-state index contributed by atoms with van der Waals surface area (Å²) in [6.07, 6.45) is 2.16. The van der Waals surface area contributed by atoms with Crippen LogP contribution in [0.1, 0.15) is 32.6 Å². The zero-order chi connectivity index (χ0) is 20.3. The van der Waals surface area contributed by atoms with Crippen molar-refractivity contribution in [2.45, 2.75) is 32.6 Å². The molecule has 0 atom stereocenters. The third-order valence-corrected chi connectivity index (χ3v) is 5.69. The summed E-state index contributed by atoms with van der Waals surface area (Å²) in [5, 5.41) is 2.35. The Morgan fingerprint density at radius 3 is 1.93 bits per heavy atom. The minimum Gasteiger partial charge on any atom is -0.339 e. The highest BCUT2D eigenvalue weighted by Crippen LogP contribution is 2.31. The van der Waals surface area contributed by atoms with Crippen LogP contribution in [0.25, 0.3) is 0 Å². The van der Waals surface area contributed by atoms with Gasteiger partial charge in [0.1, 0.15) is 17.3 Å². The maximum Gasteiger partial charge on any atom is 0.227 e. The van der Waals surface area contributed by atoms with Crippen molar-refractivity contribution in [1.29, 1.82) is 0 Å². The van der Waals surface area contributed by atoms with E-state index in [0.29, 0.717) is 51.9 Å². The van der Waals surface area contributed by atoms with Crippen LogP contribution in [0, 0.1) is 23.5 Å². The number of nitrogens with zero attached hydrogens (tertiary/aromatic N) is 2. The Balaban J connectivity index is 1.49. The molecule has 2 fully saturated rings. The molecule has 1 aliphatic heterocycles. The predicted octanol–water partition coefficient (Wildman–Crippen LogP) is 2.40. The molecule has 1 saturated heterocycles. The number of rotatable bonds is 3. The Hall–Kier alpha value is -2.51. The van der Waals surface area contributed by atoms with Gasteiger partial charge in [0.25, 0.3) is 0 Å². The lowest BCUT2D eigenvalue weighted by atomic mass is 9.80. The first kappa shape index (κ1) is 20.2. The molecule has 0 spiro atoms. The molecule has 0 aromatic heterocycles. The smallest absolute Gasteiger partial charge is 0.227 e. The molecule has 28 heavy (non-hydrogen) atoms. The number of benzene rings is 1. The average molecular weight is 393 g/mol. The second kappa shape index (κ2) is 8.67. The van der Waals surface area contributed by atoms with E-state index in [0.717, 1.165) is 12.1 Å². The fourth-order valence-corrected chi connectivity index (χ4v) is 3.94. The van der Waals surface area contributed by atoms with Crippen molar-refractivity contribution in [2.24, 2.45) is 11.8 Å². The van der Waals surface area contributed by atoms with E-state index in [1.54, 1.807) is 9.80 Å². The molecule has 2 aliphatic rings. The van der Waals surface area contributed by atoms with Crippen LogP contribution in [0.4, 0.5) is 14.5 Å². The van der Waals surface area contributed by atoms with E-state index in [2.05, 4.69) is 5.32 Å². The van der Waals surface area contributed by atoms with Crippen molar-refractivity contribution in [1.82, 2.24) is 9.80 Å². The van der Waals surface area contributed by atoms with Gasteiger partial charge >= 0.3 is 0 Å². The van der Waals surface area contributed by atoms with Crippen LogP contribution >= 0.6 is 0 Å². The summed E-state index contributed by atoms with van der Waals surface area (Å²) >= 11 is 0. The number of para-hydroxylation sites is 1. The quantitative estimate of drug-likeness (QED) is 0.857. The van der Waals surface area contributed by atoms with Gasteiger partial charge in [-0.15, -0.1) is 0 Å². The number of hydrogen-bond donors (Lipinski definition) is 1. The normalized spacial score (nSPS) is 22.7. The molecule has 0 unspecified atom stereocenters. The summed E-state index contributed by atoms with van der Waals surface area (Å²) in [5.41, 5.74) is -0.422. The molecule has 1 saturated carbocycles. The van der Waals surface area contributed by atoms with Gasteiger partial charge < -0.3 is 15.1 Å². The van der Waals surface area contributed by atoms with E-state index in [1.165, 1.54) is 13.0 Å². The first-order chi connectivity index (χ1) is 13.4. The summed E-state index contributed by atoms with van der Waals surface area (Å²) < 4.78 is 27.4. The van der Waals surface area contributed by atoms with Crippen LogP contribution in [0.5, 0.6) is 0 Å². The van der Waals surface area contributed by atoms with Crippen molar-refractivity contribution in [3.8, 4) is 0 Å². The number of anilines is 1. The number of nitrogens with one attached hydrogen (secondary N) is 1. The molecule has 0 radical (unpaired) electrons. The van der Waals surface area contributed by atoms with Gasteiger partial charge in [-0.05, 0) is 37.8 Å². The minimum atomic E-state index is -0.804. The highest BCUT2D eigenvalue weighted by atomic mass is 19.1. The number of halogens is 2. The van der Waals surface area contributed by atoms with Crippen molar-refractivity contribution in [3.63, 3.8) is 0 Å². The Labute approximate surface area is 162 Å². The maximum absolute atomic E-state index is 13.7. The van der Waals surface area contributed by atoms with Crippen molar-refractivity contribution in [2.75, 3.05) is 31.5 Å². The Kier molecular flexibility index (Phi) is 6.26. The number of carbonyl (C=O) groups is 3. The summed E-state index contributed by atoms with van der Waals surface area (Å²) in [5.74, 6) is -2.43. The fourth-order valence-electron chi connectivity index (χ4n) is 3.94. The second-order valence-corrected chi connectivity index (χ2v) is 7.47. The average Bonchev–Trinajstić information content (AvgIpc) is 2.70. The predicted molar refractivity (Wildman–Crippen MR) is 99.3 cm³/mol. The molecule has 8 heteroatoms. The van der Waals surface area contributed by atoms with Gasteiger partial charge in [0.15, 0.2) is 0 Å². The summed E-state index contributed by atoms with van der Waals surface area (Å²) in [6, 6.07) is 3.44. The number of piperazine rings is 1. The Bertz CT molecular complexity index is 735. The van der Waals surface area contributed by atoms with Crippen LogP contribution < -0.4 is 5.32 Å². The highest BCUT2D eigenvalue weighted by Gasteiger charge is 2.33. The molecule has 1 aromatic carbocycles. The molecule has 1 heterocycles. The monoisotopic (exact) mass is 393 g/mol. The first-order valence-electron chi connectivity index (χ1n) is 9.66. The first-order valence-corrected chi connectivity index (χ1v) is 9.66. The summed E-state index contributed by atoms with van der Waals surface area (Å²) in [6.45, 7) is 3.69. The topological polar surface area (TPSA) is 69.7 Å². The third-order valence-electron chi connectivity index (χ3n) is 5.69. The summed E-state index contributed by atoms with van der Waals surface area (Å²) in [7, 11) is 0. The van der Waals surface area contributed by atoms with Crippen LogP contribution in [0.15, 0.2) is 18.2 Å². The lowest BCUT2D eigenvalue weighted by Crippen LogP contribution is -2.51. The third kappa shape index (κ3) is 4.48. The van der Waals surface area contributed by atoms with E-state index in [9.17, 15) is 23.2 Å². The fraction of sp³-hybridized carbons (Fsp3) is 0.550. The molecule has 1 aromatic rings. The van der Waals surface area contributed by atoms with Crippen LogP contribution in [0.3, 0.4) is 0 Å². The molecule has 0 bridgehead atoms. The van der Waals surface area contributed by atoms with Crippen LogP contribution in [-0.4, -0.2) is 53.7 Å². The zero-order valence-corrected chi connectivity index (χ0v) is 15.9. The number of carbonyl (C=O) groups excluding carboxylic acids is 3. The summed E-state index contributed by atoms with van der Waals surface area (Å²) in [4.78, 5) is 40.0. The molecule has 6 nitrogen and oxygen atoms in total. The van der Waals surface area contributed by atoms with Crippen molar-refractivity contribution in [3.05, 3.63) is 29.8 Å². The SMILES string of the molecule is CC(=O)N1CCN(C(=O)C2CCC(C(=O)Nc3c(F)cccc3F)CC2)CC1. The number of amides is 3. The van der Waals surface area contributed by atoms with Gasteiger partial charge in [0, 0.05) is 44.9 Å². The van der Waals surface area contributed by atoms with E-state index in [-0.39, 0.29) is 23.7 Å². The Morgan fingerprint density at radius 1 is 0.893 bits per heavy atom.